The van der Waals surface area contributed by atoms with Gasteiger partial charge in [0.25, 0.3) is 5.91 Å². The molecule has 0 aromatic heterocycles. The molecule has 0 bridgehead atoms. The lowest BCUT2D eigenvalue weighted by atomic mass is 10.2. The Bertz CT molecular complexity index is 465. The standard InChI is InChI=1S/C10H10IN3O2S/c1-6(15)12-10(17)14-13-9(16)7-4-2-3-5-8(7)11/h2-5H,1H3,(H,13,16)(H2,12,14,15,17). The first-order valence-electron chi connectivity index (χ1n) is 4.63. The highest BCUT2D eigenvalue weighted by Crippen LogP contribution is 2.10. The maximum absolute atomic E-state index is 11.7. The van der Waals surface area contributed by atoms with Crippen LogP contribution >= 0.6 is 34.8 Å². The summed E-state index contributed by atoms with van der Waals surface area (Å²) in [6.07, 6.45) is 0. The Morgan fingerprint density at radius 2 is 1.88 bits per heavy atom. The van der Waals surface area contributed by atoms with E-state index in [1.807, 2.05) is 12.1 Å². The van der Waals surface area contributed by atoms with Gasteiger partial charge < -0.3 is 5.32 Å². The molecular weight excluding hydrogens is 353 g/mol. The molecule has 90 valence electrons. The molecule has 0 saturated carbocycles. The first-order valence-corrected chi connectivity index (χ1v) is 6.12. The minimum atomic E-state index is -0.317. The summed E-state index contributed by atoms with van der Waals surface area (Å²) in [5.74, 6) is -0.617. The Hall–Kier alpha value is -1.22. The number of carbonyl (C=O) groups excluding carboxylic acids is 2. The van der Waals surface area contributed by atoms with Crippen molar-refractivity contribution >= 4 is 51.7 Å². The van der Waals surface area contributed by atoms with Gasteiger partial charge in [0.1, 0.15) is 0 Å². The van der Waals surface area contributed by atoms with Crippen LogP contribution in [0.2, 0.25) is 0 Å². The number of hydrogen-bond donors (Lipinski definition) is 3. The van der Waals surface area contributed by atoms with E-state index >= 15 is 0 Å². The van der Waals surface area contributed by atoms with Gasteiger partial charge in [0.15, 0.2) is 5.11 Å². The normalized spacial score (nSPS) is 9.29. The van der Waals surface area contributed by atoms with Crippen LogP contribution in [0.25, 0.3) is 0 Å². The molecule has 1 aromatic carbocycles. The van der Waals surface area contributed by atoms with Gasteiger partial charge in [-0.3, -0.25) is 20.4 Å². The lowest BCUT2D eigenvalue weighted by Crippen LogP contribution is -2.48. The van der Waals surface area contributed by atoms with E-state index in [0.29, 0.717) is 5.56 Å². The van der Waals surface area contributed by atoms with Crippen molar-refractivity contribution in [2.45, 2.75) is 6.92 Å². The second kappa shape index (κ2) is 6.50. The van der Waals surface area contributed by atoms with Gasteiger partial charge in [0.2, 0.25) is 5.91 Å². The number of nitrogens with one attached hydrogen (secondary N) is 3. The average Bonchev–Trinajstić information content (AvgIpc) is 2.25. The van der Waals surface area contributed by atoms with Crippen LogP contribution in [0, 0.1) is 3.57 Å². The maximum atomic E-state index is 11.7. The van der Waals surface area contributed by atoms with Gasteiger partial charge in [0.05, 0.1) is 5.56 Å². The van der Waals surface area contributed by atoms with Crippen molar-refractivity contribution in [3.05, 3.63) is 33.4 Å². The van der Waals surface area contributed by atoms with Crippen LogP contribution < -0.4 is 16.2 Å². The second-order valence-corrected chi connectivity index (χ2v) is 4.64. The molecule has 0 aliphatic heterocycles. The first kappa shape index (κ1) is 13.8. The fraction of sp³-hybridized carbons (Fsp3) is 0.100. The molecule has 0 fully saturated rings. The van der Waals surface area contributed by atoms with Crippen LogP contribution in [0.15, 0.2) is 24.3 Å². The Kier molecular flexibility index (Phi) is 5.29. The van der Waals surface area contributed by atoms with Gasteiger partial charge >= 0.3 is 0 Å². The van der Waals surface area contributed by atoms with Crippen molar-refractivity contribution in [3.63, 3.8) is 0 Å². The molecule has 0 spiro atoms. The molecule has 0 aliphatic carbocycles. The van der Waals surface area contributed by atoms with E-state index in [0.717, 1.165) is 3.57 Å². The number of hydrazine groups is 1. The molecule has 1 aromatic rings. The van der Waals surface area contributed by atoms with E-state index < -0.39 is 0 Å². The zero-order chi connectivity index (χ0) is 12.8. The van der Waals surface area contributed by atoms with Crippen LogP contribution in [0.4, 0.5) is 0 Å². The Morgan fingerprint density at radius 1 is 1.24 bits per heavy atom. The third-order valence-electron chi connectivity index (χ3n) is 1.70. The van der Waals surface area contributed by atoms with E-state index in [9.17, 15) is 9.59 Å². The quantitative estimate of drug-likeness (QED) is 0.395. The van der Waals surface area contributed by atoms with Crippen LogP contribution in [0.5, 0.6) is 0 Å². The molecule has 5 nitrogen and oxygen atoms in total. The van der Waals surface area contributed by atoms with Crippen LogP contribution in [-0.2, 0) is 4.79 Å². The number of thiocarbonyl (C=S) groups is 1. The molecule has 0 heterocycles. The summed E-state index contributed by atoms with van der Waals surface area (Å²) in [6.45, 7) is 1.33. The molecule has 0 atom stereocenters. The van der Waals surface area contributed by atoms with E-state index in [-0.39, 0.29) is 16.9 Å². The number of halogens is 1. The molecule has 3 N–H and O–H groups in total. The fourth-order valence-corrected chi connectivity index (χ4v) is 1.84. The molecule has 17 heavy (non-hydrogen) atoms. The van der Waals surface area contributed by atoms with E-state index in [1.165, 1.54) is 6.92 Å². The summed E-state index contributed by atoms with van der Waals surface area (Å²) in [5, 5.41) is 2.38. The molecule has 0 saturated heterocycles. The minimum absolute atomic E-state index is 0.0526. The lowest BCUT2D eigenvalue weighted by Gasteiger charge is -2.10. The Balaban J connectivity index is 2.54. The minimum Gasteiger partial charge on any atom is -0.302 e. The zero-order valence-corrected chi connectivity index (χ0v) is 11.9. The van der Waals surface area contributed by atoms with E-state index in [1.54, 1.807) is 12.1 Å². The SMILES string of the molecule is CC(=O)NC(=S)NNC(=O)c1ccccc1I. The Morgan fingerprint density at radius 3 is 2.47 bits per heavy atom. The second-order valence-electron chi connectivity index (χ2n) is 3.07. The summed E-state index contributed by atoms with van der Waals surface area (Å²) in [6, 6.07) is 7.12. The highest BCUT2D eigenvalue weighted by molar-refractivity contribution is 14.1. The van der Waals surface area contributed by atoms with Crippen LogP contribution in [0.3, 0.4) is 0 Å². The monoisotopic (exact) mass is 363 g/mol. The first-order chi connectivity index (χ1) is 8.00. The molecular formula is C10H10IN3O2S. The summed E-state index contributed by atoms with van der Waals surface area (Å²) in [7, 11) is 0. The predicted octanol–water partition coefficient (Wildman–Crippen LogP) is 0.947. The van der Waals surface area contributed by atoms with Crippen molar-refractivity contribution in [2.24, 2.45) is 0 Å². The van der Waals surface area contributed by atoms with Gasteiger partial charge in [-0.15, -0.1) is 0 Å². The average molecular weight is 363 g/mol. The summed E-state index contributed by atoms with van der Waals surface area (Å²) in [4.78, 5) is 22.4. The van der Waals surface area contributed by atoms with Gasteiger partial charge in [-0.05, 0) is 46.9 Å². The summed E-state index contributed by atoms with van der Waals surface area (Å²) in [5.41, 5.74) is 5.36. The molecule has 1 rings (SSSR count). The highest BCUT2D eigenvalue weighted by atomic mass is 127. The smallest absolute Gasteiger partial charge is 0.270 e. The highest BCUT2D eigenvalue weighted by Gasteiger charge is 2.08. The predicted molar refractivity (Wildman–Crippen MR) is 76.2 cm³/mol. The number of carbonyl (C=O) groups is 2. The largest absolute Gasteiger partial charge is 0.302 e. The van der Waals surface area contributed by atoms with E-state index in [2.05, 4.69) is 38.8 Å². The van der Waals surface area contributed by atoms with Crippen LogP contribution in [0.1, 0.15) is 17.3 Å². The number of amides is 2. The van der Waals surface area contributed by atoms with E-state index in [4.69, 9.17) is 12.2 Å². The van der Waals surface area contributed by atoms with Crippen molar-refractivity contribution in [3.8, 4) is 0 Å². The number of rotatable bonds is 1. The number of benzene rings is 1. The maximum Gasteiger partial charge on any atom is 0.270 e. The molecule has 0 aliphatic rings. The van der Waals surface area contributed by atoms with Crippen molar-refractivity contribution in [2.75, 3.05) is 0 Å². The van der Waals surface area contributed by atoms with Crippen molar-refractivity contribution in [1.82, 2.24) is 16.2 Å². The van der Waals surface area contributed by atoms with Gasteiger partial charge in [-0.1, -0.05) is 12.1 Å². The summed E-state index contributed by atoms with van der Waals surface area (Å²) >= 11 is 6.83. The third kappa shape index (κ3) is 4.65. The topological polar surface area (TPSA) is 70.2 Å². The zero-order valence-electron chi connectivity index (χ0n) is 8.91. The fourth-order valence-electron chi connectivity index (χ4n) is 1.02. The third-order valence-corrected chi connectivity index (χ3v) is 2.84. The van der Waals surface area contributed by atoms with Gasteiger partial charge in [0, 0.05) is 10.5 Å². The van der Waals surface area contributed by atoms with Crippen molar-refractivity contribution < 1.29 is 9.59 Å². The van der Waals surface area contributed by atoms with Gasteiger partial charge in [-0.2, -0.15) is 0 Å². The summed E-state index contributed by atoms with van der Waals surface area (Å²) < 4.78 is 0.829. The molecule has 0 unspecified atom stereocenters. The molecule has 7 heteroatoms. The molecule has 0 radical (unpaired) electrons. The lowest BCUT2D eigenvalue weighted by molar-refractivity contribution is -0.117. The van der Waals surface area contributed by atoms with Gasteiger partial charge in [-0.25, -0.2) is 0 Å². The Labute approximate surface area is 117 Å². The molecule has 2 amide bonds. The van der Waals surface area contributed by atoms with Crippen LogP contribution in [-0.4, -0.2) is 16.9 Å². The van der Waals surface area contributed by atoms with Crippen molar-refractivity contribution in [1.29, 1.82) is 0 Å². The number of hydrogen-bond acceptors (Lipinski definition) is 3.